The third-order valence-corrected chi connectivity index (χ3v) is 7.46. The van der Waals surface area contributed by atoms with E-state index in [9.17, 15) is 14.5 Å². The Bertz CT molecular complexity index is 1350. The molecule has 210 valence electrons. The van der Waals surface area contributed by atoms with Gasteiger partial charge >= 0.3 is 0 Å². The molecule has 3 aromatic carbocycles. The van der Waals surface area contributed by atoms with Crippen molar-refractivity contribution in [2.75, 3.05) is 24.7 Å². The van der Waals surface area contributed by atoms with Crippen LogP contribution in [0.5, 0.6) is 5.75 Å². The molecular weight excluding hydrogens is 523 g/mol. The Morgan fingerprint density at radius 2 is 1.73 bits per heavy atom. The summed E-state index contributed by atoms with van der Waals surface area (Å²) in [6.45, 7) is 4.33. The molecular formula is C32H37N2O5P. The van der Waals surface area contributed by atoms with Crippen molar-refractivity contribution in [1.29, 1.82) is 0 Å². The van der Waals surface area contributed by atoms with E-state index >= 15 is 0 Å². The van der Waals surface area contributed by atoms with E-state index < -0.39 is 14.3 Å². The van der Waals surface area contributed by atoms with Crippen molar-refractivity contribution in [3.8, 4) is 17.1 Å². The van der Waals surface area contributed by atoms with Gasteiger partial charge in [-0.1, -0.05) is 44.4 Å². The molecule has 4 rings (SSSR count). The lowest BCUT2D eigenvalue weighted by atomic mass is 10.1. The van der Waals surface area contributed by atoms with Gasteiger partial charge in [0.1, 0.15) is 17.1 Å². The van der Waals surface area contributed by atoms with Crippen LogP contribution in [-0.2, 0) is 4.79 Å². The van der Waals surface area contributed by atoms with Crippen LogP contribution in [0.1, 0.15) is 49.4 Å². The van der Waals surface area contributed by atoms with Gasteiger partial charge in [0.15, 0.2) is 6.10 Å². The molecule has 0 saturated heterocycles. The zero-order valence-electron chi connectivity index (χ0n) is 23.1. The molecule has 2 atom stereocenters. The van der Waals surface area contributed by atoms with E-state index in [0.717, 1.165) is 48.0 Å². The number of ether oxygens (including phenoxy) is 1. The molecule has 1 aromatic heterocycles. The fourth-order valence-electron chi connectivity index (χ4n) is 4.35. The summed E-state index contributed by atoms with van der Waals surface area (Å²) in [5.41, 5.74) is 2.94. The summed E-state index contributed by atoms with van der Waals surface area (Å²) in [7, 11) is -1.04. The second kappa shape index (κ2) is 14.6. The second-order valence-corrected chi connectivity index (χ2v) is 11.6. The molecule has 1 heterocycles. The predicted molar refractivity (Wildman–Crippen MR) is 162 cm³/mol. The molecule has 0 aliphatic rings. The molecule has 0 aliphatic heterocycles. The summed E-state index contributed by atoms with van der Waals surface area (Å²) in [4.78, 5) is 35.0. The van der Waals surface area contributed by atoms with Crippen LogP contribution in [0.2, 0.25) is 0 Å². The lowest BCUT2D eigenvalue weighted by molar-refractivity contribution is -0.123. The second-order valence-electron chi connectivity index (χ2n) is 9.83. The third-order valence-electron chi connectivity index (χ3n) is 6.59. The Morgan fingerprint density at radius 3 is 2.42 bits per heavy atom. The number of amides is 2. The van der Waals surface area contributed by atoms with E-state index in [1.54, 1.807) is 30.9 Å². The molecule has 0 spiro atoms. The summed E-state index contributed by atoms with van der Waals surface area (Å²) >= 11 is 0. The summed E-state index contributed by atoms with van der Waals surface area (Å²) in [6, 6.07) is 24.3. The first-order chi connectivity index (χ1) is 19.4. The van der Waals surface area contributed by atoms with Gasteiger partial charge in [0.05, 0.1) is 0 Å². The van der Waals surface area contributed by atoms with E-state index in [1.807, 2.05) is 54.6 Å². The van der Waals surface area contributed by atoms with Crippen molar-refractivity contribution < 1.29 is 23.6 Å². The van der Waals surface area contributed by atoms with Crippen molar-refractivity contribution in [3.63, 3.8) is 0 Å². The average Bonchev–Trinajstić information content (AvgIpc) is 3.39. The average molecular weight is 561 g/mol. The maximum Gasteiger partial charge on any atom is 0.265 e. The fourth-order valence-corrected chi connectivity index (χ4v) is 4.78. The van der Waals surface area contributed by atoms with Crippen LogP contribution >= 0.6 is 8.15 Å². The molecule has 0 radical (unpaired) electrons. The Hall–Kier alpha value is -3.67. The first-order valence-electron chi connectivity index (χ1n) is 13.8. The predicted octanol–water partition coefficient (Wildman–Crippen LogP) is 7.21. The number of hydrogen-bond acceptors (Lipinski definition) is 5. The van der Waals surface area contributed by atoms with Crippen LogP contribution in [0.4, 0.5) is 5.69 Å². The minimum atomic E-state index is -1.04. The molecule has 0 aliphatic carbocycles. The van der Waals surface area contributed by atoms with Crippen molar-refractivity contribution in [1.82, 2.24) is 5.32 Å². The molecule has 2 amide bonds. The number of carbonyl (C=O) groups is 2. The molecule has 0 fully saturated rings. The summed E-state index contributed by atoms with van der Waals surface area (Å²) in [5, 5.41) is 6.84. The molecule has 40 heavy (non-hydrogen) atoms. The van der Waals surface area contributed by atoms with Crippen LogP contribution in [-0.4, -0.2) is 42.2 Å². The van der Waals surface area contributed by atoms with Crippen LogP contribution in [0, 0.1) is 0 Å². The zero-order chi connectivity index (χ0) is 28.3. The Kier molecular flexibility index (Phi) is 10.7. The maximum atomic E-state index is 13.3. The number of fused-ring (bicyclic) bond motifs is 1. The molecule has 4 aromatic rings. The number of benzene rings is 3. The number of rotatable bonds is 14. The van der Waals surface area contributed by atoms with E-state index in [4.69, 9.17) is 9.15 Å². The molecule has 7 nitrogen and oxygen atoms in total. The van der Waals surface area contributed by atoms with E-state index in [2.05, 4.69) is 17.6 Å². The number of para-hydroxylation sites is 1. The molecule has 3 N–H and O–H groups in total. The number of furan rings is 1. The zero-order valence-corrected chi connectivity index (χ0v) is 24.0. The summed E-state index contributed by atoms with van der Waals surface area (Å²) < 4.78 is 12.1. The number of carbonyl (C=O) groups excluding carboxylic acids is 2. The lowest BCUT2D eigenvalue weighted by Gasteiger charge is -2.19. The van der Waals surface area contributed by atoms with Gasteiger partial charge in [-0.15, -0.1) is 0 Å². The number of anilines is 1. The minimum Gasteiger partial charge on any atom is -0.481 e. The van der Waals surface area contributed by atoms with Crippen molar-refractivity contribution in [3.05, 3.63) is 84.4 Å². The van der Waals surface area contributed by atoms with Crippen LogP contribution in [0.3, 0.4) is 0 Å². The normalized spacial score (nSPS) is 12.6. The maximum absolute atomic E-state index is 13.3. The lowest BCUT2D eigenvalue weighted by Crippen LogP contribution is -2.33. The largest absolute Gasteiger partial charge is 0.481 e. The molecule has 8 heteroatoms. The highest BCUT2D eigenvalue weighted by Gasteiger charge is 2.21. The van der Waals surface area contributed by atoms with Gasteiger partial charge in [-0.05, 0) is 80.2 Å². The number of hydrogen-bond donors (Lipinski definition) is 3. The van der Waals surface area contributed by atoms with Crippen molar-refractivity contribution in [2.45, 2.75) is 45.1 Å². The SMILES string of the molecule is CCCCCCC(Oc1ccc(C(=O)NCCP(C)O)cc1)C(=O)Nc1ccc(-c2cc3ccccc3o2)cc1. The van der Waals surface area contributed by atoms with Gasteiger partial charge in [-0.3, -0.25) is 9.59 Å². The highest BCUT2D eigenvalue weighted by Crippen LogP contribution is 2.29. The topological polar surface area (TPSA) is 101 Å². The first kappa shape index (κ1) is 29.3. The van der Waals surface area contributed by atoms with Crippen LogP contribution in [0.25, 0.3) is 22.3 Å². The van der Waals surface area contributed by atoms with Gasteiger partial charge in [-0.2, -0.15) is 0 Å². The van der Waals surface area contributed by atoms with Crippen molar-refractivity contribution in [2.24, 2.45) is 0 Å². The number of nitrogens with one attached hydrogen (secondary N) is 2. The van der Waals surface area contributed by atoms with Gasteiger partial charge in [0.25, 0.3) is 11.8 Å². The molecule has 0 bridgehead atoms. The quantitative estimate of drug-likeness (QED) is 0.112. The summed E-state index contributed by atoms with van der Waals surface area (Å²) in [6.07, 6.45) is 4.60. The van der Waals surface area contributed by atoms with E-state index in [0.29, 0.717) is 36.1 Å². The van der Waals surface area contributed by atoms with Crippen molar-refractivity contribution >= 4 is 36.6 Å². The minimum absolute atomic E-state index is 0.205. The highest BCUT2D eigenvalue weighted by atomic mass is 31.1. The smallest absolute Gasteiger partial charge is 0.265 e. The Morgan fingerprint density at radius 1 is 0.975 bits per heavy atom. The Balaban J connectivity index is 1.39. The van der Waals surface area contributed by atoms with Gasteiger partial charge in [-0.25, -0.2) is 0 Å². The fraction of sp³-hybridized carbons (Fsp3) is 0.312. The number of unbranched alkanes of at least 4 members (excludes halogenated alkanes) is 3. The van der Waals surface area contributed by atoms with Crippen LogP contribution in [0.15, 0.2) is 83.3 Å². The molecule has 2 unspecified atom stereocenters. The van der Waals surface area contributed by atoms with E-state index in [-0.39, 0.29) is 11.8 Å². The standard InChI is InChI=1S/C32H37N2O5P/c1-3-4-5-6-11-29(38-27-18-14-24(15-19-27)31(35)33-20-21-40(2)37)32(36)34-26-16-12-23(13-17-26)30-22-25-9-7-8-10-28(25)39-30/h7-10,12-19,22,29,37H,3-6,11,20-21H2,1-2H3,(H,33,35)(H,34,36). The first-order valence-corrected chi connectivity index (χ1v) is 15.7. The van der Waals surface area contributed by atoms with Gasteiger partial charge < -0.3 is 24.7 Å². The highest BCUT2D eigenvalue weighted by molar-refractivity contribution is 7.50. The summed E-state index contributed by atoms with van der Waals surface area (Å²) in [5.74, 6) is 0.884. The molecule has 0 saturated carbocycles. The van der Waals surface area contributed by atoms with Gasteiger partial charge in [0, 0.05) is 43.1 Å². The van der Waals surface area contributed by atoms with Gasteiger partial charge in [0.2, 0.25) is 0 Å². The third kappa shape index (κ3) is 8.41. The van der Waals surface area contributed by atoms with Crippen LogP contribution < -0.4 is 15.4 Å². The monoisotopic (exact) mass is 560 g/mol. The van der Waals surface area contributed by atoms with E-state index in [1.165, 1.54) is 0 Å². The Labute approximate surface area is 236 Å².